The number of rotatable bonds is 3. The molecule has 0 spiro atoms. The number of ketones is 1. The van der Waals surface area contributed by atoms with Crippen LogP contribution in [0.1, 0.15) is 71.5 Å². The summed E-state index contributed by atoms with van der Waals surface area (Å²) in [6.45, 7) is 10.6. The van der Waals surface area contributed by atoms with Crippen LogP contribution in [-0.2, 0) is 16.2 Å². The van der Waals surface area contributed by atoms with Crippen molar-refractivity contribution in [1.82, 2.24) is 10.3 Å². The minimum atomic E-state index is -1.19. The third-order valence-electron chi connectivity index (χ3n) is 6.89. The summed E-state index contributed by atoms with van der Waals surface area (Å²) in [6.07, 6.45) is 6.78. The molecule has 1 amide bonds. The Labute approximate surface area is 212 Å². The first-order valence-corrected chi connectivity index (χ1v) is 13.0. The lowest BCUT2D eigenvalue weighted by atomic mass is 9.73. The van der Waals surface area contributed by atoms with Crippen LogP contribution in [0.3, 0.4) is 0 Å². The monoisotopic (exact) mass is 504 g/mol. The van der Waals surface area contributed by atoms with E-state index in [0.717, 1.165) is 11.1 Å². The number of hydrogen-bond acceptors (Lipinski definition) is 7. The Morgan fingerprint density at radius 2 is 1.94 bits per heavy atom. The molecule has 4 N–H and O–H groups in total. The van der Waals surface area contributed by atoms with Gasteiger partial charge in [-0.25, -0.2) is 4.98 Å². The molecule has 1 aliphatic rings. The second-order valence-electron chi connectivity index (χ2n) is 10.2. The Balaban J connectivity index is 2.37. The van der Waals surface area contributed by atoms with Crippen molar-refractivity contribution in [2.45, 2.75) is 85.7 Å². The number of nitrogens with zero attached hydrogens (tertiary/aromatic N) is 1. The van der Waals surface area contributed by atoms with E-state index in [0.29, 0.717) is 23.5 Å². The number of nitrogens with one attached hydrogen (secondary N) is 1. The van der Waals surface area contributed by atoms with Crippen LogP contribution in [0.25, 0.3) is 6.08 Å². The van der Waals surface area contributed by atoms with Crippen molar-refractivity contribution in [3.8, 4) is 0 Å². The number of hydrogen-bond donors (Lipinski definition) is 4. The smallest absolute Gasteiger partial charge is 0.223 e. The summed E-state index contributed by atoms with van der Waals surface area (Å²) in [5, 5.41) is 36.4. The quantitative estimate of drug-likeness (QED) is 0.497. The molecule has 0 aliphatic carbocycles. The fraction of sp³-hybridized carbons (Fsp3) is 0.593. The van der Waals surface area contributed by atoms with Gasteiger partial charge in [-0.05, 0) is 44.3 Å². The molecule has 0 aromatic carbocycles. The van der Waals surface area contributed by atoms with Crippen LogP contribution in [0.15, 0.2) is 34.8 Å². The minimum Gasteiger partial charge on any atom is -0.392 e. The third-order valence-corrected chi connectivity index (χ3v) is 7.74. The molecule has 0 bridgehead atoms. The Hall–Kier alpha value is -2.13. The molecule has 1 unspecified atom stereocenters. The van der Waals surface area contributed by atoms with Gasteiger partial charge in [0.2, 0.25) is 5.91 Å². The van der Waals surface area contributed by atoms with Crippen molar-refractivity contribution in [3.63, 3.8) is 0 Å². The molecule has 7 nitrogen and oxygen atoms in total. The van der Waals surface area contributed by atoms with Gasteiger partial charge in [0.25, 0.3) is 0 Å². The van der Waals surface area contributed by atoms with Crippen molar-refractivity contribution in [2.75, 3.05) is 0 Å². The summed E-state index contributed by atoms with van der Waals surface area (Å²) >= 11 is 1.37. The number of Topliss-reactive ketones (excluding diaryl/α,β-unsaturated/α-hetero) is 1. The van der Waals surface area contributed by atoms with Gasteiger partial charge in [0.1, 0.15) is 10.8 Å². The minimum absolute atomic E-state index is 0.118. The molecular weight excluding hydrogens is 464 g/mol. The number of allylic oxidation sites excluding steroid dienone is 3. The number of aliphatic hydroxyl groups excluding tert-OH is 3. The molecule has 1 aliphatic heterocycles. The fourth-order valence-electron chi connectivity index (χ4n) is 4.22. The standard InChI is InChI=1S/C27H40N2O5S/c1-16-8-7-9-17(2)25(33)19(4)26(34)27(5,6)22(31)13-23(32)29-21(11-10-16)18(3)12-20-15-35-24(14-30)28-20/h7-8,10,12,15,17,19,21-22,25,30-31,33H,9,11,13-14H2,1-6H3,(H,29,32)/b8-7?,16-10?,18-12+/t17-,19+,21-,22-,25?/m0/s1. The van der Waals surface area contributed by atoms with Crippen molar-refractivity contribution in [1.29, 1.82) is 0 Å². The first-order valence-electron chi connectivity index (χ1n) is 12.1. The third kappa shape index (κ3) is 7.93. The highest BCUT2D eigenvalue weighted by Crippen LogP contribution is 2.31. The highest BCUT2D eigenvalue weighted by molar-refractivity contribution is 7.09. The molecule has 5 atom stereocenters. The van der Waals surface area contributed by atoms with Gasteiger partial charge >= 0.3 is 0 Å². The van der Waals surface area contributed by atoms with E-state index in [1.54, 1.807) is 20.8 Å². The molecule has 0 saturated heterocycles. The maximum atomic E-state index is 13.2. The molecule has 1 aromatic heterocycles. The van der Waals surface area contributed by atoms with Crippen LogP contribution in [-0.4, -0.2) is 50.2 Å². The molecule has 2 heterocycles. The van der Waals surface area contributed by atoms with E-state index in [1.165, 1.54) is 11.3 Å². The number of aliphatic hydroxyl groups is 3. The van der Waals surface area contributed by atoms with E-state index in [2.05, 4.69) is 10.3 Å². The molecule has 2 rings (SSSR count). The van der Waals surface area contributed by atoms with Crippen molar-refractivity contribution < 1.29 is 24.9 Å². The first-order chi connectivity index (χ1) is 16.4. The molecule has 1 aromatic rings. The van der Waals surface area contributed by atoms with Crippen molar-refractivity contribution in [2.24, 2.45) is 17.3 Å². The van der Waals surface area contributed by atoms with E-state index in [1.807, 2.05) is 50.5 Å². The second kappa shape index (κ2) is 12.7. The highest BCUT2D eigenvalue weighted by atomic mass is 32.1. The maximum absolute atomic E-state index is 13.2. The van der Waals surface area contributed by atoms with Crippen LogP contribution in [0.4, 0.5) is 0 Å². The lowest BCUT2D eigenvalue weighted by Gasteiger charge is -2.34. The number of carbonyl (C=O) groups is 2. The summed E-state index contributed by atoms with van der Waals surface area (Å²) in [5.41, 5.74) is 1.43. The van der Waals surface area contributed by atoms with Crippen LogP contribution >= 0.6 is 11.3 Å². The Morgan fingerprint density at radius 3 is 2.57 bits per heavy atom. The first kappa shape index (κ1) is 29.1. The van der Waals surface area contributed by atoms with Gasteiger partial charge in [0.05, 0.1) is 42.4 Å². The van der Waals surface area contributed by atoms with E-state index in [9.17, 15) is 24.9 Å². The lowest BCUT2D eigenvalue weighted by Crippen LogP contribution is -2.47. The van der Waals surface area contributed by atoms with E-state index in [4.69, 9.17) is 0 Å². The molecule has 0 saturated carbocycles. The van der Waals surface area contributed by atoms with Gasteiger partial charge in [-0.2, -0.15) is 0 Å². The van der Waals surface area contributed by atoms with E-state index >= 15 is 0 Å². The predicted octanol–water partition coefficient (Wildman–Crippen LogP) is 3.80. The van der Waals surface area contributed by atoms with E-state index in [-0.39, 0.29) is 36.7 Å². The number of carbonyl (C=O) groups excluding carboxylic acids is 2. The van der Waals surface area contributed by atoms with Crippen LogP contribution < -0.4 is 5.32 Å². The van der Waals surface area contributed by atoms with Gasteiger partial charge in [-0.3, -0.25) is 9.59 Å². The predicted molar refractivity (Wildman–Crippen MR) is 139 cm³/mol. The van der Waals surface area contributed by atoms with Crippen molar-refractivity contribution >= 4 is 29.1 Å². The molecule has 194 valence electrons. The van der Waals surface area contributed by atoms with Crippen molar-refractivity contribution in [3.05, 3.63) is 45.5 Å². The van der Waals surface area contributed by atoms with Gasteiger partial charge in [0.15, 0.2) is 0 Å². The fourth-order valence-corrected chi connectivity index (χ4v) is 4.83. The summed E-state index contributed by atoms with van der Waals surface area (Å²) in [5.74, 6) is -1.43. The van der Waals surface area contributed by atoms with Gasteiger partial charge in [0, 0.05) is 11.3 Å². The average Bonchev–Trinajstić information content (AvgIpc) is 3.26. The SMILES string of the molecule is CC1=CC[C@@H](/C(C)=C/c2csc(CO)n2)NC(=O)C[C@H](O)C(C)(C)C(=O)[C@H](C)C(O)[C@@H](C)CC=C1. The molecule has 0 fully saturated rings. The maximum Gasteiger partial charge on any atom is 0.223 e. The van der Waals surface area contributed by atoms with Crippen LogP contribution in [0, 0.1) is 17.3 Å². The molecule has 8 heteroatoms. The average molecular weight is 505 g/mol. The zero-order chi connectivity index (χ0) is 26.3. The van der Waals surface area contributed by atoms with Crippen LogP contribution in [0.5, 0.6) is 0 Å². The zero-order valence-electron chi connectivity index (χ0n) is 21.6. The number of aromatic nitrogens is 1. The lowest BCUT2D eigenvalue weighted by molar-refractivity contribution is -0.143. The summed E-state index contributed by atoms with van der Waals surface area (Å²) < 4.78 is 0. The molecular formula is C27H40N2O5S. The van der Waals surface area contributed by atoms with Gasteiger partial charge in [-0.15, -0.1) is 11.3 Å². The largest absolute Gasteiger partial charge is 0.392 e. The zero-order valence-corrected chi connectivity index (χ0v) is 22.4. The number of thiazole rings is 1. The highest BCUT2D eigenvalue weighted by Gasteiger charge is 2.42. The normalized spacial score (nSPS) is 29.6. The summed E-state index contributed by atoms with van der Waals surface area (Å²) in [6, 6.07) is -0.330. The summed E-state index contributed by atoms with van der Waals surface area (Å²) in [4.78, 5) is 30.5. The Kier molecular flexibility index (Phi) is 10.6. The van der Waals surface area contributed by atoms with Crippen LogP contribution in [0.2, 0.25) is 0 Å². The molecule has 35 heavy (non-hydrogen) atoms. The topological polar surface area (TPSA) is 120 Å². The Morgan fingerprint density at radius 1 is 1.26 bits per heavy atom. The second-order valence-corrected chi connectivity index (χ2v) is 11.2. The number of amides is 1. The van der Waals surface area contributed by atoms with Gasteiger partial charge < -0.3 is 20.6 Å². The van der Waals surface area contributed by atoms with Gasteiger partial charge in [-0.1, -0.05) is 51.5 Å². The Bertz CT molecular complexity index is 978. The summed E-state index contributed by atoms with van der Waals surface area (Å²) in [7, 11) is 0. The van der Waals surface area contributed by atoms with E-state index < -0.39 is 23.5 Å². The molecule has 0 radical (unpaired) electrons.